The lowest BCUT2D eigenvalue weighted by Crippen LogP contribution is -1.87. The van der Waals surface area contributed by atoms with Gasteiger partial charge >= 0.3 is 0 Å². The van der Waals surface area contributed by atoms with E-state index in [4.69, 9.17) is 5.73 Å². The van der Waals surface area contributed by atoms with Crippen LogP contribution in [0.5, 0.6) is 0 Å². The topological polar surface area (TPSA) is 57.6 Å². The molecule has 3 heteroatoms. The highest BCUT2D eigenvalue weighted by Gasteiger charge is 2.12. The van der Waals surface area contributed by atoms with Crippen molar-refractivity contribution in [2.45, 2.75) is 0 Å². The molecule has 0 amide bonds. The summed E-state index contributed by atoms with van der Waals surface area (Å²) in [5, 5.41) is 2.34. The number of hydrogen-bond donors (Lipinski definition) is 3. The fraction of sp³-hybridized carbons (Fsp3) is 0. The maximum absolute atomic E-state index is 6.13. The summed E-state index contributed by atoms with van der Waals surface area (Å²) in [6, 6.07) is 18.5. The second-order valence-electron chi connectivity index (χ2n) is 4.73. The summed E-state index contributed by atoms with van der Waals surface area (Å²) in [6.45, 7) is 0. The third-order valence-corrected chi connectivity index (χ3v) is 3.53. The van der Waals surface area contributed by atoms with Crippen molar-refractivity contribution in [1.29, 1.82) is 0 Å². The predicted molar refractivity (Wildman–Crippen MR) is 80.0 cm³/mol. The molecule has 92 valence electrons. The largest absolute Gasteiger partial charge is 0.385 e. The lowest BCUT2D eigenvalue weighted by Gasteiger charge is -1.97. The van der Waals surface area contributed by atoms with Gasteiger partial charge in [-0.05, 0) is 18.2 Å². The maximum atomic E-state index is 6.13. The standard InChI is InChI=1S/C16H13N3/c17-16-15(11-6-2-4-8-13(11)19-16)14-9-10-5-1-3-7-12(10)18-14/h1-9,18-19H,17H2. The Morgan fingerprint density at radius 2 is 1.53 bits per heavy atom. The highest BCUT2D eigenvalue weighted by Crippen LogP contribution is 2.34. The first kappa shape index (κ1) is 10.3. The Labute approximate surface area is 110 Å². The van der Waals surface area contributed by atoms with Crippen LogP contribution in [0, 0.1) is 0 Å². The molecule has 2 heterocycles. The molecule has 4 rings (SSSR count). The second kappa shape index (κ2) is 3.65. The van der Waals surface area contributed by atoms with E-state index in [9.17, 15) is 0 Å². The quantitative estimate of drug-likeness (QED) is 0.469. The van der Waals surface area contributed by atoms with Crippen LogP contribution in [0.4, 0.5) is 5.82 Å². The zero-order valence-corrected chi connectivity index (χ0v) is 10.3. The molecule has 0 bridgehead atoms. The van der Waals surface area contributed by atoms with Crippen molar-refractivity contribution in [1.82, 2.24) is 9.97 Å². The van der Waals surface area contributed by atoms with Gasteiger partial charge in [0.05, 0.1) is 5.69 Å². The molecule has 19 heavy (non-hydrogen) atoms. The Morgan fingerprint density at radius 3 is 2.37 bits per heavy atom. The van der Waals surface area contributed by atoms with Gasteiger partial charge < -0.3 is 15.7 Å². The molecular weight excluding hydrogens is 234 g/mol. The molecule has 0 radical (unpaired) electrons. The van der Waals surface area contributed by atoms with Gasteiger partial charge in [-0.1, -0.05) is 36.4 Å². The number of fused-ring (bicyclic) bond motifs is 2. The molecule has 0 saturated heterocycles. The van der Waals surface area contributed by atoms with Crippen molar-refractivity contribution in [3.05, 3.63) is 54.6 Å². The van der Waals surface area contributed by atoms with Gasteiger partial charge in [0.25, 0.3) is 0 Å². The second-order valence-corrected chi connectivity index (χ2v) is 4.73. The van der Waals surface area contributed by atoms with Crippen LogP contribution >= 0.6 is 0 Å². The van der Waals surface area contributed by atoms with E-state index in [1.807, 2.05) is 30.3 Å². The molecule has 0 aliphatic carbocycles. The van der Waals surface area contributed by atoms with Crippen LogP contribution in [-0.2, 0) is 0 Å². The van der Waals surface area contributed by atoms with E-state index in [1.54, 1.807) is 0 Å². The normalized spacial score (nSPS) is 11.4. The van der Waals surface area contributed by atoms with Crippen LogP contribution in [-0.4, -0.2) is 9.97 Å². The molecule has 0 unspecified atom stereocenters. The minimum Gasteiger partial charge on any atom is -0.385 e. The number of nitrogen functional groups attached to an aromatic ring is 1. The molecule has 0 spiro atoms. The van der Waals surface area contributed by atoms with Crippen LogP contribution < -0.4 is 5.73 Å². The van der Waals surface area contributed by atoms with E-state index in [2.05, 4.69) is 34.2 Å². The summed E-state index contributed by atoms with van der Waals surface area (Å²) in [4.78, 5) is 6.66. The third-order valence-electron chi connectivity index (χ3n) is 3.53. The summed E-state index contributed by atoms with van der Waals surface area (Å²) in [5.74, 6) is 0.702. The minimum absolute atomic E-state index is 0.702. The van der Waals surface area contributed by atoms with Crippen molar-refractivity contribution in [3.8, 4) is 11.3 Å². The Kier molecular flexibility index (Phi) is 1.97. The van der Waals surface area contributed by atoms with Crippen LogP contribution in [0.15, 0.2) is 54.6 Å². The number of H-pyrrole nitrogens is 2. The third kappa shape index (κ3) is 1.45. The average Bonchev–Trinajstić information content (AvgIpc) is 2.97. The number of para-hydroxylation sites is 2. The van der Waals surface area contributed by atoms with Gasteiger partial charge in [-0.25, -0.2) is 0 Å². The monoisotopic (exact) mass is 247 g/mol. The number of hydrogen-bond acceptors (Lipinski definition) is 1. The molecule has 0 saturated carbocycles. The Morgan fingerprint density at radius 1 is 0.789 bits per heavy atom. The highest BCUT2D eigenvalue weighted by molar-refractivity contribution is 6.03. The SMILES string of the molecule is Nc1[nH]c2ccccc2c1-c1cc2ccccc2[nH]1. The molecule has 0 aliphatic rings. The van der Waals surface area contributed by atoms with Crippen LogP contribution in [0.1, 0.15) is 0 Å². The van der Waals surface area contributed by atoms with Crippen molar-refractivity contribution >= 4 is 27.6 Å². The van der Waals surface area contributed by atoms with Gasteiger partial charge in [0, 0.05) is 27.4 Å². The molecule has 0 aliphatic heterocycles. The van der Waals surface area contributed by atoms with Crippen molar-refractivity contribution in [3.63, 3.8) is 0 Å². The fourth-order valence-corrected chi connectivity index (χ4v) is 2.66. The Bertz CT molecular complexity index is 850. The van der Waals surface area contributed by atoms with Gasteiger partial charge in [0.15, 0.2) is 0 Å². The van der Waals surface area contributed by atoms with Crippen molar-refractivity contribution < 1.29 is 0 Å². The zero-order valence-electron chi connectivity index (χ0n) is 10.3. The molecular formula is C16H13N3. The molecule has 4 aromatic rings. The number of nitrogens with two attached hydrogens (primary N) is 1. The molecule has 3 nitrogen and oxygen atoms in total. The zero-order chi connectivity index (χ0) is 12.8. The van der Waals surface area contributed by atoms with E-state index in [-0.39, 0.29) is 0 Å². The maximum Gasteiger partial charge on any atom is 0.111 e. The number of aromatic amines is 2. The summed E-state index contributed by atoms with van der Waals surface area (Å²) < 4.78 is 0. The lowest BCUT2D eigenvalue weighted by atomic mass is 10.1. The van der Waals surface area contributed by atoms with Gasteiger partial charge in [-0.15, -0.1) is 0 Å². The lowest BCUT2D eigenvalue weighted by molar-refractivity contribution is 1.44. The summed E-state index contributed by atoms with van der Waals surface area (Å²) in [7, 11) is 0. The first-order valence-corrected chi connectivity index (χ1v) is 6.27. The molecule has 0 atom stereocenters. The number of anilines is 1. The van der Waals surface area contributed by atoms with Crippen LogP contribution in [0.2, 0.25) is 0 Å². The average molecular weight is 247 g/mol. The van der Waals surface area contributed by atoms with E-state index in [0.29, 0.717) is 5.82 Å². The predicted octanol–water partition coefficient (Wildman–Crippen LogP) is 3.90. The Hall–Kier alpha value is -2.68. The van der Waals surface area contributed by atoms with E-state index >= 15 is 0 Å². The van der Waals surface area contributed by atoms with Crippen LogP contribution in [0.3, 0.4) is 0 Å². The number of nitrogens with one attached hydrogen (secondary N) is 2. The first-order valence-electron chi connectivity index (χ1n) is 6.27. The van der Waals surface area contributed by atoms with Crippen molar-refractivity contribution in [2.24, 2.45) is 0 Å². The highest BCUT2D eigenvalue weighted by atomic mass is 14.9. The minimum atomic E-state index is 0.702. The molecule has 2 aromatic carbocycles. The van der Waals surface area contributed by atoms with Gasteiger partial charge in [-0.2, -0.15) is 0 Å². The van der Waals surface area contributed by atoms with Gasteiger partial charge in [-0.3, -0.25) is 0 Å². The fourth-order valence-electron chi connectivity index (χ4n) is 2.66. The smallest absolute Gasteiger partial charge is 0.111 e. The Balaban J connectivity index is 2.06. The van der Waals surface area contributed by atoms with E-state index in [1.165, 1.54) is 5.39 Å². The summed E-state index contributed by atoms with van der Waals surface area (Å²) in [6.07, 6.45) is 0. The van der Waals surface area contributed by atoms with Crippen molar-refractivity contribution in [2.75, 3.05) is 5.73 Å². The number of rotatable bonds is 1. The summed E-state index contributed by atoms with van der Waals surface area (Å²) >= 11 is 0. The summed E-state index contributed by atoms with van der Waals surface area (Å²) in [5.41, 5.74) is 10.4. The van der Waals surface area contributed by atoms with E-state index < -0.39 is 0 Å². The first-order chi connectivity index (χ1) is 9.33. The number of aromatic nitrogens is 2. The van der Waals surface area contributed by atoms with E-state index in [0.717, 1.165) is 27.7 Å². The van der Waals surface area contributed by atoms with Crippen LogP contribution in [0.25, 0.3) is 33.1 Å². The number of benzene rings is 2. The van der Waals surface area contributed by atoms with Gasteiger partial charge in [0.2, 0.25) is 0 Å². The molecule has 2 aromatic heterocycles. The molecule has 4 N–H and O–H groups in total. The molecule has 0 fully saturated rings. The van der Waals surface area contributed by atoms with Gasteiger partial charge in [0.1, 0.15) is 5.82 Å².